The van der Waals surface area contributed by atoms with Gasteiger partial charge in [0.05, 0.1) is 6.10 Å². The van der Waals surface area contributed by atoms with E-state index in [-0.39, 0.29) is 42.4 Å². The summed E-state index contributed by atoms with van der Waals surface area (Å²) in [6.45, 7) is 5.40. The number of aliphatic carboxylic acids is 1. The molecule has 2 unspecified atom stereocenters. The molecule has 176 valence electrons. The minimum atomic E-state index is -0.824. The van der Waals surface area contributed by atoms with Gasteiger partial charge in [0.25, 0.3) is 0 Å². The smallest absolute Gasteiger partial charge is 0.303 e. The molecule has 2 fully saturated rings. The predicted molar refractivity (Wildman–Crippen MR) is 115 cm³/mol. The van der Waals surface area contributed by atoms with E-state index in [1.165, 1.54) is 13.8 Å². The van der Waals surface area contributed by atoms with Crippen LogP contribution in [0.1, 0.15) is 85.0 Å². The Hall–Kier alpha value is -1.89. The highest BCUT2D eigenvalue weighted by molar-refractivity contribution is 5.67. The first-order chi connectivity index (χ1) is 14.8. The Morgan fingerprint density at radius 1 is 1.13 bits per heavy atom. The van der Waals surface area contributed by atoms with Crippen molar-refractivity contribution in [2.75, 3.05) is 6.61 Å². The first kappa shape index (κ1) is 25.4. The fourth-order valence-corrected chi connectivity index (χ4v) is 5.15. The number of ether oxygens (including phenoxy) is 3. The average molecular weight is 439 g/mol. The van der Waals surface area contributed by atoms with Crippen LogP contribution in [0.2, 0.25) is 0 Å². The second kappa shape index (κ2) is 12.2. The number of unbranched alkanes of at least 4 members (excludes halogenated alkanes) is 2. The maximum Gasteiger partial charge on any atom is 0.303 e. The van der Waals surface area contributed by atoms with E-state index in [9.17, 15) is 14.4 Å². The molecule has 1 N–H and O–H groups in total. The molecule has 7 nitrogen and oxygen atoms in total. The van der Waals surface area contributed by atoms with Crippen LogP contribution in [-0.4, -0.2) is 47.4 Å². The fourth-order valence-electron chi connectivity index (χ4n) is 5.15. The Bertz CT molecular complexity index is 644. The predicted octanol–water partition coefficient (Wildman–Crippen LogP) is 4.43. The van der Waals surface area contributed by atoms with Crippen LogP contribution in [0, 0.1) is 11.8 Å². The summed E-state index contributed by atoms with van der Waals surface area (Å²) in [5.41, 5.74) is -0.593. The highest BCUT2D eigenvalue weighted by Crippen LogP contribution is 2.54. The van der Waals surface area contributed by atoms with E-state index in [0.29, 0.717) is 19.4 Å². The molecule has 0 aromatic carbocycles. The van der Waals surface area contributed by atoms with Crippen molar-refractivity contribution in [3.8, 4) is 0 Å². The minimum absolute atomic E-state index is 0.0387. The van der Waals surface area contributed by atoms with Crippen LogP contribution in [0.15, 0.2) is 12.2 Å². The molecule has 0 aromatic rings. The van der Waals surface area contributed by atoms with Crippen LogP contribution in [0.25, 0.3) is 0 Å². The summed E-state index contributed by atoms with van der Waals surface area (Å²) in [5.74, 6) is -1.13. The van der Waals surface area contributed by atoms with Crippen molar-refractivity contribution >= 4 is 17.9 Å². The van der Waals surface area contributed by atoms with Gasteiger partial charge in [0.15, 0.2) is 0 Å². The monoisotopic (exact) mass is 438 g/mol. The molecule has 0 heterocycles. The Kier molecular flexibility index (Phi) is 10.0. The normalized spacial score (nSPS) is 28.4. The van der Waals surface area contributed by atoms with E-state index < -0.39 is 11.6 Å². The number of carboxylic acid groups (broad SMARTS) is 1. The van der Waals surface area contributed by atoms with Crippen LogP contribution in [0.4, 0.5) is 0 Å². The molecule has 2 aliphatic rings. The molecule has 2 rings (SSSR count). The third-order valence-electron chi connectivity index (χ3n) is 6.43. The number of carbonyl (C=O) groups is 3. The van der Waals surface area contributed by atoms with Crippen LogP contribution in [0.3, 0.4) is 0 Å². The molecule has 0 aliphatic heterocycles. The van der Waals surface area contributed by atoms with Gasteiger partial charge in [0, 0.05) is 45.1 Å². The third kappa shape index (κ3) is 7.63. The lowest BCUT2D eigenvalue weighted by Crippen LogP contribution is -2.40. The third-order valence-corrected chi connectivity index (χ3v) is 6.43. The van der Waals surface area contributed by atoms with Gasteiger partial charge < -0.3 is 19.3 Å². The first-order valence-corrected chi connectivity index (χ1v) is 11.6. The van der Waals surface area contributed by atoms with Gasteiger partial charge in [-0.1, -0.05) is 25.8 Å². The number of fused-ring (bicyclic) bond motifs is 1. The van der Waals surface area contributed by atoms with E-state index in [0.717, 1.165) is 44.9 Å². The van der Waals surface area contributed by atoms with Gasteiger partial charge in [0.1, 0.15) is 11.7 Å². The van der Waals surface area contributed by atoms with E-state index >= 15 is 0 Å². The summed E-state index contributed by atoms with van der Waals surface area (Å²) in [6, 6.07) is 0. The average Bonchev–Trinajstić information content (AvgIpc) is 3.16. The Labute approximate surface area is 185 Å². The van der Waals surface area contributed by atoms with Crippen molar-refractivity contribution < 1.29 is 33.7 Å². The van der Waals surface area contributed by atoms with Crippen LogP contribution in [0.5, 0.6) is 0 Å². The molecule has 31 heavy (non-hydrogen) atoms. The van der Waals surface area contributed by atoms with Gasteiger partial charge in [0.2, 0.25) is 0 Å². The lowest BCUT2D eigenvalue weighted by atomic mass is 9.85. The molecule has 2 aliphatic carbocycles. The number of carboxylic acids is 1. The molecule has 0 radical (unpaired) electrons. The molecular formula is C24H38O7. The Balaban J connectivity index is 2.05. The van der Waals surface area contributed by atoms with Crippen LogP contribution >= 0.6 is 0 Å². The van der Waals surface area contributed by atoms with Gasteiger partial charge in [-0.05, 0) is 44.6 Å². The molecule has 0 amide bonds. The number of esters is 2. The molecule has 7 heteroatoms. The summed E-state index contributed by atoms with van der Waals surface area (Å²) < 4.78 is 17.4. The van der Waals surface area contributed by atoms with Crippen molar-refractivity contribution in [1.82, 2.24) is 0 Å². The van der Waals surface area contributed by atoms with E-state index in [1.54, 1.807) is 0 Å². The van der Waals surface area contributed by atoms with Gasteiger partial charge >= 0.3 is 17.9 Å². The highest BCUT2D eigenvalue weighted by atomic mass is 16.6. The number of hydrogen-bond acceptors (Lipinski definition) is 6. The first-order valence-electron chi connectivity index (χ1n) is 11.6. The molecule has 5 atom stereocenters. The lowest BCUT2D eigenvalue weighted by Gasteiger charge is -2.34. The molecule has 0 bridgehead atoms. The van der Waals surface area contributed by atoms with Crippen molar-refractivity contribution in [3.63, 3.8) is 0 Å². The topological polar surface area (TPSA) is 99.1 Å². The Morgan fingerprint density at radius 2 is 1.90 bits per heavy atom. The molecule has 0 saturated heterocycles. The standard InChI is InChI=1S/C24H38O7/c1-4-5-6-8-21(30-17(2)25)13-12-19-10-11-20-15-22(29-14-7-9-23(27)28)16-24(19,20)31-18(3)26/h12-13,19-22H,4-11,14-16H2,1-3H3,(H,27,28)/t19-,20-,21?,22?,24-/m1/s1. The van der Waals surface area contributed by atoms with Gasteiger partial charge in [-0.2, -0.15) is 0 Å². The summed E-state index contributed by atoms with van der Waals surface area (Å²) in [6.07, 6.45) is 11.6. The maximum atomic E-state index is 12.0. The second-order valence-electron chi connectivity index (χ2n) is 8.89. The summed E-state index contributed by atoms with van der Waals surface area (Å²) in [5, 5.41) is 8.79. The van der Waals surface area contributed by atoms with Crippen molar-refractivity contribution in [2.45, 2.75) is 103 Å². The van der Waals surface area contributed by atoms with Crippen molar-refractivity contribution in [1.29, 1.82) is 0 Å². The van der Waals surface area contributed by atoms with E-state index in [4.69, 9.17) is 19.3 Å². The van der Waals surface area contributed by atoms with Gasteiger partial charge in [-0.15, -0.1) is 0 Å². The van der Waals surface area contributed by atoms with Crippen molar-refractivity contribution in [2.24, 2.45) is 11.8 Å². The molecular weight excluding hydrogens is 400 g/mol. The van der Waals surface area contributed by atoms with Gasteiger partial charge in [-0.25, -0.2) is 0 Å². The maximum absolute atomic E-state index is 12.0. The lowest BCUT2D eigenvalue weighted by molar-refractivity contribution is -0.163. The zero-order chi connectivity index (χ0) is 22.9. The highest BCUT2D eigenvalue weighted by Gasteiger charge is 2.57. The number of carbonyl (C=O) groups excluding carboxylic acids is 2. The van der Waals surface area contributed by atoms with Gasteiger partial charge in [-0.3, -0.25) is 14.4 Å². The molecule has 2 saturated carbocycles. The second-order valence-corrected chi connectivity index (χ2v) is 8.89. The Morgan fingerprint density at radius 3 is 2.55 bits per heavy atom. The number of hydrogen-bond donors (Lipinski definition) is 1. The van der Waals surface area contributed by atoms with E-state index in [1.807, 2.05) is 6.08 Å². The molecule has 0 aromatic heterocycles. The van der Waals surface area contributed by atoms with Crippen molar-refractivity contribution in [3.05, 3.63) is 12.2 Å². The quantitative estimate of drug-likeness (QED) is 0.258. The SMILES string of the molecule is CCCCCC(C=C[C@H]1CC[C@@H]2CC(OCCCC(=O)O)C[C@]21OC(C)=O)OC(C)=O. The zero-order valence-electron chi connectivity index (χ0n) is 19.1. The van der Waals surface area contributed by atoms with Crippen LogP contribution in [-0.2, 0) is 28.6 Å². The van der Waals surface area contributed by atoms with Crippen LogP contribution < -0.4 is 0 Å². The zero-order valence-corrected chi connectivity index (χ0v) is 19.1. The summed E-state index contributed by atoms with van der Waals surface area (Å²) >= 11 is 0. The van der Waals surface area contributed by atoms with E-state index in [2.05, 4.69) is 13.0 Å². The summed E-state index contributed by atoms with van der Waals surface area (Å²) in [4.78, 5) is 34.2. The minimum Gasteiger partial charge on any atom is -0.481 e. The number of rotatable bonds is 13. The summed E-state index contributed by atoms with van der Waals surface area (Å²) in [7, 11) is 0. The largest absolute Gasteiger partial charge is 0.481 e. The molecule has 0 spiro atoms. The fraction of sp³-hybridized carbons (Fsp3) is 0.792.